The normalized spacial score (nSPS) is 14.0. The predicted octanol–water partition coefficient (Wildman–Crippen LogP) is 0.0525. The Morgan fingerprint density at radius 3 is 2.83 bits per heavy atom. The number of rotatable bonds is 5. The molecule has 0 radical (unpaired) electrons. The van der Waals surface area contributed by atoms with Gasteiger partial charge in [0.05, 0.1) is 17.8 Å². The minimum atomic E-state index is -1.12. The SMILES string of the molecule is Nc1c(C(=O)O)ccnc1NCC(=O)NC1CC1. The second-order valence-corrected chi connectivity index (χ2v) is 4.12. The van der Waals surface area contributed by atoms with Gasteiger partial charge in [0.1, 0.15) is 5.82 Å². The number of nitrogens with one attached hydrogen (secondary N) is 2. The maximum absolute atomic E-state index is 11.4. The van der Waals surface area contributed by atoms with E-state index in [1.54, 1.807) is 0 Å². The van der Waals surface area contributed by atoms with Gasteiger partial charge in [0, 0.05) is 12.2 Å². The monoisotopic (exact) mass is 250 g/mol. The minimum Gasteiger partial charge on any atom is -0.478 e. The molecule has 18 heavy (non-hydrogen) atoms. The number of amides is 1. The fourth-order valence-corrected chi connectivity index (χ4v) is 1.47. The largest absolute Gasteiger partial charge is 0.478 e. The molecule has 1 aliphatic carbocycles. The molecule has 0 atom stereocenters. The van der Waals surface area contributed by atoms with Crippen LogP contribution in [-0.2, 0) is 4.79 Å². The quantitative estimate of drug-likeness (QED) is 0.586. The van der Waals surface area contributed by atoms with Gasteiger partial charge in [-0.15, -0.1) is 0 Å². The lowest BCUT2D eigenvalue weighted by Crippen LogP contribution is -2.31. The molecule has 1 heterocycles. The molecular weight excluding hydrogens is 236 g/mol. The highest BCUT2D eigenvalue weighted by molar-refractivity contribution is 5.96. The molecule has 5 N–H and O–H groups in total. The smallest absolute Gasteiger partial charge is 0.337 e. The molecule has 7 heteroatoms. The van der Waals surface area contributed by atoms with E-state index in [4.69, 9.17) is 10.8 Å². The molecule has 0 bridgehead atoms. The molecule has 1 fully saturated rings. The van der Waals surface area contributed by atoms with Gasteiger partial charge in [-0.05, 0) is 18.9 Å². The minimum absolute atomic E-state index is 0.0246. The first-order valence-corrected chi connectivity index (χ1v) is 5.59. The van der Waals surface area contributed by atoms with E-state index in [1.165, 1.54) is 12.3 Å². The van der Waals surface area contributed by atoms with Gasteiger partial charge >= 0.3 is 5.97 Å². The molecule has 7 nitrogen and oxygen atoms in total. The average molecular weight is 250 g/mol. The van der Waals surface area contributed by atoms with Crippen molar-refractivity contribution in [2.45, 2.75) is 18.9 Å². The van der Waals surface area contributed by atoms with Crippen molar-refractivity contribution < 1.29 is 14.7 Å². The van der Waals surface area contributed by atoms with Crippen molar-refractivity contribution in [2.75, 3.05) is 17.6 Å². The summed E-state index contributed by atoms with van der Waals surface area (Å²) in [4.78, 5) is 26.2. The lowest BCUT2D eigenvalue weighted by Gasteiger charge is -2.09. The van der Waals surface area contributed by atoms with E-state index in [-0.39, 0.29) is 35.6 Å². The van der Waals surface area contributed by atoms with Crippen LogP contribution < -0.4 is 16.4 Å². The van der Waals surface area contributed by atoms with Gasteiger partial charge in [-0.2, -0.15) is 0 Å². The van der Waals surface area contributed by atoms with Crippen molar-refractivity contribution in [2.24, 2.45) is 0 Å². The summed E-state index contributed by atoms with van der Waals surface area (Å²) in [6, 6.07) is 1.60. The molecule has 0 saturated heterocycles. The molecular formula is C11H14N4O3. The molecule has 1 amide bonds. The number of carboxylic acids is 1. The van der Waals surface area contributed by atoms with Crippen LogP contribution in [0.5, 0.6) is 0 Å². The highest BCUT2D eigenvalue weighted by atomic mass is 16.4. The number of nitrogens with two attached hydrogens (primary N) is 1. The van der Waals surface area contributed by atoms with Crippen molar-refractivity contribution >= 4 is 23.4 Å². The van der Waals surface area contributed by atoms with Gasteiger partial charge < -0.3 is 21.5 Å². The van der Waals surface area contributed by atoms with Crippen LogP contribution in [0.1, 0.15) is 23.2 Å². The highest BCUT2D eigenvalue weighted by Crippen LogP contribution is 2.20. The van der Waals surface area contributed by atoms with Crippen LogP contribution in [0.15, 0.2) is 12.3 Å². The zero-order chi connectivity index (χ0) is 13.1. The summed E-state index contributed by atoms with van der Waals surface area (Å²) >= 11 is 0. The fourth-order valence-electron chi connectivity index (χ4n) is 1.47. The summed E-state index contributed by atoms with van der Waals surface area (Å²) in [5.41, 5.74) is 5.65. The van der Waals surface area contributed by atoms with Crippen LogP contribution in [0.3, 0.4) is 0 Å². The van der Waals surface area contributed by atoms with Gasteiger partial charge in [-0.3, -0.25) is 4.79 Å². The molecule has 1 aromatic heterocycles. The third-order valence-corrected chi connectivity index (χ3v) is 2.58. The Hall–Kier alpha value is -2.31. The van der Waals surface area contributed by atoms with Crippen molar-refractivity contribution in [3.05, 3.63) is 17.8 Å². The van der Waals surface area contributed by atoms with E-state index in [1.807, 2.05) is 0 Å². The van der Waals surface area contributed by atoms with Crippen molar-refractivity contribution in [1.82, 2.24) is 10.3 Å². The van der Waals surface area contributed by atoms with E-state index >= 15 is 0 Å². The van der Waals surface area contributed by atoms with E-state index in [0.29, 0.717) is 0 Å². The first-order chi connectivity index (χ1) is 8.58. The summed E-state index contributed by atoms with van der Waals surface area (Å²) in [7, 11) is 0. The van der Waals surface area contributed by atoms with E-state index in [9.17, 15) is 9.59 Å². The Balaban J connectivity index is 1.97. The third-order valence-electron chi connectivity index (χ3n) is 2.58. The van der Waals surface area contributed by atoms with Crippen LogP contribution in [-0.4, -0.2) is 34.6 Å². The predicted molar refractivity (Wildman–Crippen MR) is 65.3 cm³/mol. The van der Waals surface area contributed by atoms with Gasteiger partial charge in [0.25, 0.3) is 0 Å². The number of aromatic nitrogens is 1. The summed E-state index contributed by atoms with van der Waals surface area (Å²) in [6.45, 7) is 0.0246. The number of hydrogen-bond acceptors (Lipinski definition) is 5. The van der Waals surface area contributed by atoms with Crippen LogP contribution in [0.4, 0.5) is 11.5 Å². The fraction of sp³-hybridized carbons (Fsp3) is 0.364. The Morgan fingerprint density at radius 2 is 2.22 bits per heavy atom. The van der Waals surface area contributed by atoms with Crippen molar-refractivity contribution in [1.29, 1.82) is 0 Å². The molecule has 0 unspecified atom stereocenters. The summed E-state index contributed by atoms with van der Waals surface area (Å²) < 4.78 is 0. The molecule has 2 rings (SSSR count). The maximum atomic E-state index is 11.4. The Morgan fingerprint density at radius 1 is 1.50 bits per heavy atom. The Bertz CT molecular complexity index is 485. The second kappa shape index (κ2) is 4.91. The maximum Gasteiger partial charge on any atom is 0.337 e. The van der Waals surface area contributed by atoms with Crippen molar-refractivity contribution in [3.63, 3.8) is 0 Å². The number of carbonyl (C=O) groups excluding carboxylic acids is 1. The first-order valence-electron chi connectivity index (χ1n) is 5.59. The van der Waals surface area contributed by atoms with Crippen molar-refractivity contribution in [3.8, 4) is 0 Å². The van der Waals surface area contributed by atoms with Gasteiger partial charge in [0.2, 0.25) is 5.91 Å². The number of anilines is 2. The lowest BCUT2D eigenvalue weighted by molar-refractivity contribution is -0.119. The molecule has 96 valence electrons. The summed E-state index contributed by atoms with van der Waals surface area (Å²) in [5, 5.41) is 14.4. The number of nitrogen functional groups attached to an aromatic ring is 1. The molecule has 0 aliphatic heterocycles. The Kier molecular flexibility index (Phi) is 3.31. The van der Waals surface area contributed by atoms with Crippen LogP contribution in [0.25, 0.3) is 0 Å². The van der Waals surface area contributed by atoms with Gasteiger partial charge in [0.15, 0.2) is 0 Å². The first kappa shape index (κ1) is 12.2. The number of nitrogens with zero attached hydrogens (tertiary/aromatic N) is 1. The van der Waals surface area contributed by atoms with E-state index in [0.717, 1.165) is 12.8 Å². The van der Waals surface area contributed by atoms with E-state index in [2.05, 4.69) is 15.6 Å². The Labute approximate surface area is 103 Å². The summed E-state index contributed by atoms with van der Waals surface area (Å²) in [6.07, 6.45) is 3.36. The summed E-state index contributed by atoms with van der Waals surface area (Å²) in [5.74, 6) is -1.07. The molecule has 0 aromatic carbocycles. The molecule has 1 aliphatic rings. The lowest BCUT2D eigenvalue weighted by atomic mass is 10.2. The average Bonchev–Trinajstić information content (AvgIpc) is 3.11. The zero-order valence-corrected chi connectivity index (χ0v) is 9.64. The second-order valence-electron chi connectivity index (χ2n) is 4.12. The van der Waals surface area contributed by atoms with Crippen LogP contribution >= 0.6 is 0 Å². The number of aromatic carboxylic acids is 1. The molecule has 0 spiro atoms. The van der Waals surface area contributed by atoms with Crippen LogP contribution in [0, 0.1) is 0 Å². The molecule has 1 aromatic rings. The number of carbonyl (C=O) groups is 2. The van der Waals surface area contributed by atoms with Gasteiger partial charge in [-0.1, -0.05) is 0 Å². The third kappa shape index (κ3) is 2.88. The highest BCUT2D eigenvalue weighted by Gasteiger charge is 2.23. The number of hydrogen-bond donors (Lipinski definition) is 4. The molecule has 1 saturated carbocycles. The standard InChI is InChI=1S/C11H14N4O3/c12-9-7(11(17)18)3-4-13-10(9)14-5-8(16)15-6-1-2-6/h3-4,6H,1-2,5,12H2,(H,13,14)(H,15,16)(H,17,18). The number of carboxylic acid groups (broad SMARTS) is 1. The topological polar surface area (TPSA) is 117 Å². The van der Waals surface area contributed by atoms with Gasteiger partial charge in [-0.25, -0.2) is 9.78 Å². The zero-order valence-electron chi connectivity index (χ0n) is 9.64. The van der Waals surface area contributed by atoms with E-state index < -0.39 is 5.97 Å². The number of pyridine rings is 1. The van der Waals surface area contributed by atoms with Crippen LogP contribution in [0.2, 0.25) is 0 Å².